The van der Waals surface area contributed by atoms with Gasteiger partial charge in [0.25, 0.3) is 5.69 Å². The van der Waals surface area contributed by atoms with Crippen LogP contribution < -0.4 is 5.32 Å². The lowest BCUT2D eigenvalue weighted by atomic mass is 10.2. The number of hydrogen-bond donors (Lipinski definition) is 1. The highest BCUT2D eigenvalue weighted by molar-refractivity contribution is 6.30. The molecule has 0 bridgehead atoms. The van der Waals surface area contributed by atoms with Crippen LogP contribution in [0.15, 0.2) is 24.4 Å². The maximum Gasteiger partial charge on any atom is 0.313 e. The van der Waals surface area contributed by atoms with Crippen LogP contribution in [-0.4, -0.2) is 24.7 Å². The van der Waals surface area contributed by atoms with Crippen LogP contribution in [0.4, 0.5) is 34.3 Å². The average Bonchev–Trinajstić information content (AvgIpc) is 2.55. The quantitative estimate of drug-likeness (QED) is 0.569. The highest BCUT2D eigenvalue weighted by Crippen LogP contribution is 2.41. The molecular formula is C11H5ClN6O8. The molecule has 0 fully saturated rings. The van der Waals surface area contributed by atoms with Gasteiger partial charge in [0.15, 0.2) is 5.69 Å². The van der Waals surface area contributed by atoms with E-state index < -0.39 is 53.9 Å². The predicted octanol–water partition coefficient (Wildman–Crippen LogP) is 3.11. The molecule has 14 nitrogen and oxygen atoms in total. The maximum atomic E-state index is 11.2. The molecule has 1 N–H and O–H groups in total. The third-order valence-electron chi connectivity index (χ3n) is 2.96. The summed E-state index contributed by atoms with van der Waals surface area (Å²) in [5, 5.41) is 46.3. The minimum atomic E-state index is -1.11. The van der Waals surface area contributed by atoms with Gasteiger partial charge in [-0.3, -0.25) is 40.5 Å². The van der Waals surface area contributed by atoms with Crippen molar-refractivity contribution in [3.63, 3.8) is 0 Å². The van der Waals surface area contributed by atoms with Gasteiger partial charge in [-0.05, 0) is 0 Å². The Hall–Kier alpha value is -3.94. The molecule has 2 aromatic rings. The van der Waals surface area contributed by atoms with Crippen LogP contribution in [0.25, 0.3) is 0 Å². The summed E-state index contributed by atoms with van der Waals surface area (Å²) >= 11 is 5.60. The molecule has 134 valence electrons. The largest absolute Gasteiger partial charge is 0.323 e. The fourth-order valence-corrected chi connectivity index (χ4v) is 2.05. The van der Waals surface area contributed by atoms with Gasteiger partial charge in [0.2, 0.25) is 5.82 Å². The van der Waals surface area contributed by atoms with Gasteiger partial charge < -0.3 is 5.32 Å². The Morgan fingerprint density at radius 1 is 0.808 bits per heavy atom. The van der Waals surface area contributed by atoms with Crippen molar-refractivity contribution >= 4 is 45.9 Å². The van der Waals surface area contributed by atoms with E-state index in [0.29, 0.717) is 12.1 Å². The molecule has 0 aliphatic rings. The molecule has 0 amide bonds. The molecule has 0 radical (unpaired) electrons. The molecule has 0 saturated carbocycles. The van der Waals surface area contributed by atoms with Crippen LogP contribution in [0.3, 0.4) is 0 Å². The summed E-state index contributed by atoms with van der Waals surface area (Å²) in [6.07, 6.45) is 0.972. The molecule has 0 spiro atoms. The molecule has 26 heavy (non-hydrogen) atoms. The van der Waals surface area contributed by atoms with Crippen molar-refractivity contribution in [3.8, 4) is 0 Å². The Labute approximate surface area is 146 Å². The Morgan fingerprint density at radius 3 is 1.73 bits per heavy atom. The van der Waals surface area contributed by atoms with Gasteiger partial charge in [-0.25, -0.2) is 4.98 Å². The highest BCUT2D eigenvalue weighted by atomic mass is 35.5. The molecule has 0 unspecified atom stereocenters. The highest BCUT2D eigenvalue weighted by Gasteiger charge is 2.32. The molecule has 1 aromatic heterocycles. The number of pyridine rings is 1. The van der Waals surface area contributed by atoms with Gasteiger partial charge in [0.05, 0.1) is 36.8 Å². The Morgan fingerprint density at radius 2 is 1.31 bits per heavy atom. The maximum absolute atomic E-state index is 11.2. The van der Waals surface area contributed by atoms with Crippen molar-refractivity contribution in [2.24, 2.45) is 0 Å². The lowest BCUT2D eigenvalue weighted by Crippen LogP contribution is -2.06. The molecule has 1 aromatic carbocycles. The number of hydrogen-bond acceptors (Lipinski definition) is 10. The first kappa shape index (κ1) is 18.4. The second-order valence-electron chi connectivity index (χ2n) is 4.53. The van der Waals surface area contributed by atoms with Crippen molar-refractivity contribution in [3.05, 3.63) is 69.9 Å². The van der Waals surface area contributed by atoms with Crippen molar-refractivity contribution in [2.45, 2.75) is 0 Å². The first-order valence-corrected chi connectivity index (χ1v) is 6.67. The average molecular weight is 385 g/mol. The number of non-ortho nitro benzene ring substituents is 1. The summed E-state index contributed by atoms with van der Waals surface area (Å²) in [6, 6.07) is 1.84. The Balaban J connectivity index is 2.73. The zero-order valence-corrected chi connectivity index (χ0v) is 12.9. The fraction of sp³-hybridized carbons (Fsp3) is 0. The standard InChI is InChI=1S/C11H5ClN6O8/c12-5-1-9(18(25)26)11(13-4-5)14-10-7(16(21)22)2-6(15(19)20)3-8(10)17(23)24/h1-4H,(H,13,14). The number of rotatable bonds is 6. The third kappa shape index (κ3) is 3.59. The van der Waals surface area contributed by atoms with Gasteiger partial charge in [0.1, 0.15) is 0 Å². The van der Waals surface area contributed by atoms with E-state index in [1.54, 1.807) is 0 Å². The number of nitrogens with one attached hydrogen (secondary N) is 1. The van der Waals surface area contributed by atoms with E-state index >= 15 is 0 Å². The van der Waals surface area contributed by atoms with Gasteiger partial charge in [-0.1, -0.05) is 11.6 Å². The first-order chi connectivity index (χ1) is 12.1. The molecule has 1 heterocycles. The number of anilines is 2. The van der Waals surface area contributed by atoms with E-state index in [9.17, 15) is 40.5 Å². The minimum Gasteiger partial charge on any atom is -0.323 e. The van der Waals surface area contributed by atoms with Gasteiger partial charge in [-0.2, -0.15) is 0 Å². The number of benzene rings is 1. The first-order valence-electron chi connectivity index (χ1n) is 6.30. The molecule has 0 aliphatic heterocycles. The van der Waals surface area contributed by atoms with E-state index in [1.165, 1.54) is 0 Å². The molecule has 2 rings (SSSR count). The second-order valence-corrected chi connectivity index (χ2v) is 4.97. The molecule has 0 aliphatic carbocycles. The van der Waals surface area contributed by atoms with Crippen molar-refractivity contribution < 1.29 is 19.7 Å². The van der Waals surface area contributed by atoms with Crippen LogP contribution in [0.2, 0.25) is 5.02 Å². The Bertz CT molecular complexity index is 929. The molecule has 0 saturated heterocycles. The van der Waals surface area contributed by atoms with Crippen molar-refractivity contribution in [2.75, 3.05) is 5.32 Å². The summed E-state index contributed by atoms with van der Waals surface area (Å²) in [5.41, 5.74) is -4.47. The van der Waals surface area contributed by atoms with E-state index in [1.807, 2.05) is 0 Å². The van der Waals surface area contributed by atoms with Crippen LogP contribution in [0.5, 0.6) is 0 Å². The van der Waals surface area contributed by atoms with Crippen molar-refractivity contribution in [1.82, 2.24) is 4.98 Å². The molecule has 15 heteroatoms. The van der Waals surface area contributed by atoms with Crippen LogP contribution >= 0.6 is 11.6 Å². The summed E-state index contributed by atoms with van der Waals surface area (Å²) in [7, 11) is 0. The lowest BCUT2D eigenvalue weighted by Gasteiger charge is -2.08. The third-order valence-corrected chi connectivity index (χ3v) is 3.17. The normalized spacial score (nSPS) is 10.2. The summed E-state index contributed by atoms with van der Waals surface area (Å²) in [6.45, 7) is 0. The second kappa shape index (κ2) is 6.89. The number of nitro benzene ring substituents is 3. The lowest BCUT2D eigenvalue weighted by molar-refractivity contribution is -0.401. The smallest absolute Gasteiger partial charge is 0.313 e. The van der Waals surface area contributed by atoms with Gasteiger partial charge in [0, 0.05) is 12.3 Å². The topological polar surface area (TPSA) is 197 Å². The van der Waals surface area contributed by atoms with E-state index in [-0.39, 0.29) is 5.02 Å². The number of aromatic nitrogens is 1. The van der Waals surface area contributed by atoms with Crippen molar-refractivity contribution in [1.29, 1.82) is 0 Å². The summed E-state index contributed by atoms with van der Waals surface area (Å²) < 4.78 is 0. The summed E-state index contributed by atoms with van der Waals surface area (Å²) in [4.78, 5) is 43.7. The fourth-order valence-electron chi connectivity index (χ4n) is 1.90. The van der Waals surface area contributed by atoms with Crippen LogP contribution in [-0.2, 0) is 0 Å². The van der Waals surface area contributed by atoms with E-state index in [2.05, 4.69) is 10.3 Å². The Kier molecular flexibility index (Phi) is 4.88. The predicted molar refractivity (Wildman–Crippen MR) is 85.6 cm³/mol. The summed E-state index contributed by atoms with van der Waals surface area (Å²) in [5.74, 6) is -0.570. The molecular weight excluding hydrogens is 380 g/mol. The number of halogens is 1. The zero-order chi connectivity index (χ0) is 19.6. The molecule has 0 atom stereocenters. The number of nitrogens with zero attached hydrogens (tertiary/aromatic N) is 5. The van der Waals surface area contributed by atoms with Crippen LogP contribution in [0.1, 0.15) is 0 Å². The van der Waals surface area contributed by atoms with Crippen LogP contribution in [0, 0.1) is 40.5 Å². The van der Waals surface area contributed by atoms with E-state index in [0.717, 1.165) is 12.3 Å². The van der Waals surface area contributed by atoms with Gasteiger partial charge in [-0.15, -0.1) is 0 Å². The number of nitro groups is 4. The van der Waals surface area contributed by atoms with Gasteiger partial charge >= 0.3 is 17.1 Å². The van der Waals surface area contributed by atoms with E-state index in [4.69, 9.17) is 11.6 Å². The monoisotopic (exact) mass is 384 g/mol. The SMILES string of the molecule is O=[N+]([O-])c1cc([N+](=O)[O-])c(Nc2ncc(Cl)cc2[N+](=O)[O-])c([N+](=O)[O-])c1. The minimum absolute atomic E-state index is 0.116. The zero-order valence-electron chi connectivity index (χ0n) is 12.2.